The van der Waals surface area contributed by atoms with Crippen LogP contribution in [0.5, 0.6) is 0 Å². The zero-order valence-electron chi connectivity index (χ0n) is 14.5. The van der Waals surface area contributed by atoms with E-state index in [-0.39, 0.29) is 5.56 Å². The molecule has 0 spiro atoms. The lowest BCUT2D eigenvalue weighted by Gasteiger charge is -2.09. The number of benzene rings is 3. The van der Waals surface area contributed by atoms with Gasteiger partial charge in [0.25, 0.3) is 5.91 Å². The van der Waals surface area contributed by atoms with Crippen molar-refractivity contribution in [2.75, 3.05) is 17.7 Å². The van der Waals surface area contributed by atoms with Crippen molar-refractivity contribution >= 4 is 28.9 Å². The van der Waals surface area contributed by atoms with Gasteiger partial charge in [-0.2, -0.15) is 0 Å². The summed E-state index contributed by atoms with van der Waals surface area (Å²) in [6, 6.07) is 19.7. The first kappa shape index (κ1) is 18.1. The van der Waals surface area contributed by atoms with Crippen molar-refractivity contribution in [1.82, 2.24) is 0 Å². The molecule has 0 saturated heterocycles. The lowest BCUT2D eigenvalue weighted by molar-refractivity contribution is 0.0600. The summed E-state index contributed by atoms with van der Waals surface area (Å²) in [7, 11) is 1.33. The molecule has 0 aliphatic heterocycles. The van der Waals surface area contributed by atoms with Crippen LogP contribution in [0.1, 0.15) is 20.7 Å². The number of hydrogen-bond donors (Lipinski definition) is 2. The Labute approximate surface area is 155 Å². The van der Waals surface area contributed by atoms with Crippen molar-refractivity contribution in [2.24, 2.45) is 0 Å². The van der Waals surface area contributed by atoms with Crippen LogP contribution >= 0.6 is 0 Å². The minimum absolute atomic E-state index is 0.00889. The number of nitrogens with one attached hydrogen (secondary N) is 2. The van der Waals surface area contributed by atoms with Gasteiger partial charge in [0.2, 0.25) is 0 Å². The summed E-state index contributed by atoms with van der Waals surface area (Å²) in [5.41, 5.74) is 2.60. The third-order valence-corrected chi connectivity index (χ3v) is 3.86. The van der Waals surface area contributed by atoms with E-state index in [1.54, 1.807) is 54.6 Å². The Balaban J connectivity index is 1.64. The van der Waals surface area contributed by atoms with Gasteiger partial charge in [-0.1, -0.05) is 12.1 Å². The maximum absolute atomic E-state index is 13.7. The van der Waals surface area contributed by atoms with Crippen LogP contribution in [0.25, 0.3) is 0 Å². The highest BCUT2D eigenvalue weighted by Gasteiger charge is 2.11. The molecule has 0 bridgehead atoms. The highest BCUT2D eigenvalue weighted by Crippen LogP contribution is 2.20. The van der Waals surface area contributed by atoms with E-state index in [4.69, 9.17) is 0 Å². The summed E-state index contributed by atoms with van der Waals surface area (Å²) in [6.45, 7) is 0. The minimum Gasteiger partial charge on any atom is -0.465 e. The molecule has 3 aromatic rings. The number of carbonyl (C=O) groups is 2. The zero-order valence-corrected chi connectivity index (χ0v) is 14.5. The monoisotopic (exact) mass is 364 g/mol. The summed E-state index contributed by atoms with van der Waals surface area (Å²) in [5, 5.41) is 5.84. The lowest BCUT2D eigenvalue weighted by atomic mass is 10.2. The van der Waals surface area contributed by atoms with E-state index in [2.05, 4.69) is 15.4 Å². The zero-order chi connectivity index (χ0) is 19.2. The molecule has 0 fully saturated rings. The van der Waals surface area contributed by atoms with Gasteiger partial charge in [-0.25, -0.2) is 9.18 Å². The van der Waals surface area contributed by atoms with Gasteiger partial charge < -0.3 is 15.4 Å². The van der Waals surface area contributed by atoms with Crippen molar-refractivity contribution in [3.8, 4) is 0 Å². The van der Waals surface area contributed by atoms with Crippen molar-refractivity contribution in [3.05, 3.63) is 89.7 Å². The van der Waals surface area contributed by atoms with Gasteiger partial charge in [0, 0.05) is 17.1 Å². The molecule has 0 heterocycles. The van der Waals surface area contributed by atoms with Crippen LogP contribution in [0.2, 0.25) is 0 Å². The van der Waals surface area contributed by atoms with Crippen LogP contribution in [0, 0.1) is 5.82 Å². The fourth-order valence-electron chi connectivity index (χ4n) is 2.45. The molecule has 0 aliphatic rings. The molecule has 0 saturated carbocycles. The molecule has 27 heavy (non-hydrogen) atoms. The molecule has 3 aromatic carbocycles. The molecule has 5 nitrogen and oxygen atoms in total. The standard InChI is InChI=1S/C21H17FN2O3/c1-27-21(26)14-6-8-15(9-7-14)23-16-10-12-17(13-11-16)24-20(25)18-4-2-3-5-19(18)22/h2-13,23H,1H3,(H,24,25). The Morgan fingerprint density at radius 3 is 1.96 bits per heavy atom. The molecule has 1 amide bonds. The van der Waals surface area contributed by atoms with E-state index < -0.39 is 17.7 Å². The average molecular weight is 364 g/mol. The molecular formula is C21H17FN2O3. The quantitative estimate of drug-likeness (QED) is 0.649. The van der Waals surface area contributed by atoms with E-state index >= 15 is 0 Å². The summed E-state index contributed by atoms with van der Waals surface area (Å²) < 4.78 is 18.3. The Morgan fingerprint density at radius 1 is 0.815 bits per heavy atom. The predicted octanol–water partition coefficient (Wildman–Crippen LogP) is 4.61. The van der Waals surface area contributed by atoms with Crippen molar-refractivity contribution in [2.45, 2.75) is 0 Å². The molecule has 0 aliphatic carbocycles. The van der Waals surface area contributed by atoms with Crippen LogP contribution in [0.3, 0.4) is 0 Å². The second-order valence-electron chi connectivity index (χ2n) is 5.71. The number of anilines is 3. The second kappa shape index (κ2) is 8.14. The molecular weight excluding hydrogens is 347 g/mol. The van der Waals surface area contributed by atoms with Gasteiger partial charge in [-0.3, -0.25) is 4.79 Å². The van der Waals surface area contributed by atoms with Crippen LogP contribution < -0.4 is 10.6 Å². The van der Waals surface area contributed by atoms with Crippen LogP contribution in [-0.4, -0.2) is 19.0 Å². The smallest absolute Gasteiger partial charge is 0.337 e. The summed E-state index contributed by atoms with van der Waals surface area (Å²) in [4.78, 5) is 23.5. The molecule has 0 atom stereocenters. The topological polar surface area (TPSA) is 67.4 Å². The fraction of sp³-hybridized carbons (Fsp3) is 0.0476. The van der Waals surface area contributed by atoms with E-state index in [0.717, 1.165) is 11.4 Å². The first-order chi connectivity index (χ1) is 13.1. The average Bonchev–Trinajstić information content (AvgIpc) is 2.69. The van der Waals surface area contributed by atoms with Crippen LogP contribution in [0.4, 0.5) is 21.5 Å². The highest BCUT2D eigenvalue weighted by atomic mass is 19.1. The number of carbonyl (C=O) groups excluding carboxylic acids is 2. The third kappa shape index (κ3) is 4.49. The number of methoxy groups -OCH3 is 1. The molecule has 0 aromatic heterocycles. The van der Waals surface area contributed by atoms with Gasteiger partial charge in [0.15, 0.2) is 0 Å². The maximum atomic E-state index is 13.7. The van der Waals surface area contributed by atoms with Gasteiger partial charge >= 0.3 is 5.97 Å². The SMILES string of the molecule is COC(=O)c1ccc(Nc2ccc(NC(=O)c3ccccc3F)cc2)cc1. The largest absolute Gasteiger partial charge is 0.465 e. The van der Waals surface area contributed by atoms with E-state index in [0.29, 0.717) is 11.3 Å². The predicted molar refractivity (Wildman–Crippen MR) is 102 cm³/mol. The first-order valence-corrected chi connectivity index (χ1v) is 8.18. The summed E-state index contributed by atoms with van der Waals surface area (Å²) >= 11 is 0. The molecule has 3 rings (SSSR count). The van der Waals surface area contributed by atoms with E-state index in [1.165, 1.54) is 25.3 Å². The van der Waals surface area contributed by atoms with Gasteiger partial charge in [0.1, 0.15) is 5.82 Å². The number of rotatable bonds is 5. The molecule has 0 radical (unpaired) electrons. The Kier molecular flexibility index (Phi) is 5.47. The normalized spacial score (nSPS) is 10.1. The van der Waals surface area contributed by atoms with Gasteiger partial charge in [-0.15, -0.1) is 0 Å². The molecule has 6 heteroatoms. The van der Waals surface area contributed by atoms with E-state index in [9.17, 15) is 14.0 Å². The van der Waals surface area contributed by atoms with Crippen molar-refractivity contribution < 1.29 is 18.7 Å². The van der Waals surface area contributed by atoms with Crippen LogP contribution in [0.15, 0.2) is 72.8 Å². The Morgan fingerprint density at radius 2 is 1.37 bits per heavy atom. The molecule has 136 valence electrons. The van der Waals surface area contributed by atoms with Crippen LogP contribution in [-0.2, 0) is 4.74 Å². The lowest BCUT2D eigenvalue weighted by Crippen LogP contribution is -2.13. The second-order valence-corrected chi connectivity index (χ2v) is 5.71. The number of hydrogen-bond acceptors (Lipinski definition) is 4. The molecule has 0 unspecified atom stereocenters. The highest BCUT2D eigenvalue weighted by molar-refractivity contribution is 6.04. The third-order valence-electron chi connectivity index (χ3n) is 3.86. The number of ether oxygens (including phenoxy) is 1. The number of halogens is 1. The first-order valence-electron chi connectivity index (χ1n) is 8.18. The summed E-state index contributed by atoms with van der Waals surface area (Å²) in [5.74, 6) is -1.47. The van der Waals surface area contributed by atoms with Crippen molar-refractivity contribution in [1.29, 1.82) is 0 Å². The van der Waals surface area contributed by atoms with Crippen molar-refractivity contribution in [3.63, 3.8) is 0 Å². The Hall–Kier alpha value is -3.67. The number of amides is 1. The number of esters is 1. The van der Waals surface area contributed by atoms with E-state index in [1.807, 2.05) is 0 Å². The fourth-order valence-corrected chi connectivity index (χ4v) is 2.45. The van der Waals surface area contributed by atoms with Gasteiger partial charge in [-0.05, 0) is 60.7 Å². The molecule has 2 N–H and O–H groups in total. The minimum atomic E-state index is -0.566. The maximum Gasteiger partial charge on any atom is 0.337 e. The van der Waals surface area contributed by atoms with Gasteiger partial charge in [0.05, 0.1) is 18.2 Å². The summed E-state index contributed by atoms with van der Waals surface area (Å²) in [6.07, 6.45) is 0. The Bertz CT molecular complexity index is 954.